The van der Waals surface area contributed by atoms with E-state index in [1.54, 1.807) is 12.1 Å². The normalized spacial score (nSPS) is 17.0. The Labute approximate surface area is 161 Å². The highest BCUT2D eigenvalue weighted by atomic mass is 35.5. The molecule has 1 aliphatic rings. The number of pyridine rings is 1. The number of anilines is 1. The molecule has 1 atom stereocenters. The summed E-state index contributed by atoms with van der Waals surface area (Å²) in [6, 6.07) is 3.35. The number of rotatable bonds is 7. The Balaban J connectivity index is 1.62. The van der Waals surface area contributed by atoms with Crippen LogP contribution in [0.5, 0.6) is 0 Å². The van der Waals surface area contributed by atoms with Crippen molar-refractivity contribution < 1.29 is 9.53 Å². The molecule has 0 radical (unpaired) electrons. The Morgan fingerprint density at radius 1 is 1.46 bits per heavy atom. The van der Waals surface area contributed by atoms with Gasteiger partial charge in [-0.1, -0.05) is 37.2 Å². The van der Waals surface area contributed by atoms with E-state index in [4.69, 9.17) is 16.3 Å². The molecule has 0 bridgehead atoms. The molecule has 1 aliphatic heterocycles. The highest BCUT2D eigenvalue weighted by molar-refractivity contribution is 7.99. The van der Waals surface area contributed by atoms with Gasteiger partial charge in [-0.3, -0.25) is 4.79 Å². The lowest BCUT2D eigenvalue weighted by Gasteiger charge is -2.15. The monoisotopic (exact) mass is 395 g/mol. The van der Waals surface area contributed by atoms with Crippen LogP contribution in [-0.2, 0) is 16.1 Å². The summed E-state index contributed by atoms with van der Waals surface area (Å²) in [5.74, 6) is 1.73. The number of thioether (sulfide) groups is 1. The second-order valence-electron chi connectivity index (χ2n) is 6.44. The predicted molar refractivity (Wildman–Crippen MR) is 102 cm³/mol. The second kappa shape index (κ2) is 8.83. The Bertz CT molecular complexity index is 744. The molecule has 0 saturated carbocycles. The number of halogens is 1. The van der Waals surface area contributed by atoms with Crippen molar-refractivity contribution in [2.75, 3.05) is 17.7 Å². The van der Waals surface area contributed by atoms with Gasteiger partial charge in [0.2, 0.25) is 5.91 Å². The number of carbonyl (C=O) groups is 1. The highest BCUT2D eigenvalue weighted by Crippen LogP contribution is 2.24. The van der Waals surface area contributed by atoms with Gasteiger partial charge >= 0.3 is 0 Å². The lowest BCUT2D eigenvalue weighted by molar-refractivity contribution is -0.113. The highest BCUT2D eigenvalue weighted by Gasteiger charge is 2.22. The summed E-state index contributed by atoms with van der Waals surface area (Å²) in [5.41, 5.74) is 0. The van der Waals surface area contributed by atoms with E-state index in [2.05, 4.69) is 38.9 Å². The zero-order valence-electron chi connectivity index (χ0n) is 14.8. The van der Waals surface area contributed by atoms with Gasteiger partial charge in [-0.25, -0.2) is 4.98 Å². The molecule has 2 aromatic rings. The van der Waals surface area contributed by atoms with E-state index in [1.807, 2.05) is 0 Å². The maximum atomic E-state index is 12.2. The fraction of sp³-hybridized carbons (Fsp3) is 0.529. The summed E-state index contributed by atoms with van der Waals surface area (Å²) < 4.78 is 7.83. The van der Waals surface area contributed by atoms with E-state index in [9.17, 15) is 4.79 Å². The maximum Gasteiger partial charge on any atom is 0.236 e. The molecule has 26 heavy (non-hydrogen) atoms. The number of carbonyl (C=O) groups excluding carboxylic acids is 1. The third-order valence-corrected chi connectivity index (χ3v) is 5.19. The van der Waals surface area contributed by atoms with Crippen LogP contribution in [-0.4, -0.2) is 44.1 Å². The summed E-state index contributed by atoms with van der Waals surface area (Å²) in [5, 5.41) is 12.6. The third kappa shape index (κ3) is 4.96. The standard InChI is InChI=1S/C17H22ClN5O2S/c1-11(2)16-21-22-17(23(16)9-13-4-3-7-25-13)26-10-15(24)20-14-6-5-12(18)8-19-14/h5-6,8,11,13H,3-4,7,9-10H2,1-2H3,(H,19,20,24). The lowest BCUT2D eigenvalue weighted by Crippen LogP contribution is -2.19. The van der Waals surface area contributed by atoms with Crippen molar-refractivity contribution in [1.29, 1.82) is 0 Å². The minimum Gasteiger partial charge on any atom is -0.376 e. The van der Waals surface area contributed by atoms with Crippen molar-refractivity contribution in [3.05, 3.63) is 29.2 Å². The quantitative estimate of drug-likeness (QED) is 0.724. The fourth-order valence-electron chi connectivity index (χ4n) is 2.76. The van der Waals surface area contributed by atoms with Crippen molar-refractivity contribution in [1.82, 2.24) is 19.7 Å². The van der Waals surface area contributed by atoms with Crippen LogP contribution in [0.4, 0.5) is 5.82 Å². The topological polar surface area (TPSA) is 81.9 Å². The van der Waals surface area contributed by atoms with E-state index < -0.39 is 0 Å². The zero-order valence-corrected chi connectivity index (χ0v) is 16.4. The molecule has 0 spiro atoms. The molecule has 1 unspecified atom stereocenters. The number of aromatic nitrogens is 4. The molecule has 1 amide bonds. The smallest absolute Gasteiger partial charge is 0.236 e. The molecule has 1 fully saturated rings. The molecule has 140 valence electrons. The number of hydrogen-bond donors (Lipinski definition) is 1. The molecule has 0 aliphatic carbocycles. The first kappa shape index (κ1) is 19.1. The zero-order chi connectivity index (χ0) is 18.5. The van der Waals surface area contributed by atoms with Crippen molar-refractivity contribution >= 4 is 35.1 Å². The van der Waals surface area contributed by atoms with E-state index in [-0.39, 0.29) is 23.7 Å². The molecule has 0 aromatic carbocycles. The minimum atomic E-state index is -0.150. The van der Waals surface area contributed by atoms with Gasteiger partial charge in [-0.15, -0.1) is 10.2 Å². The van der Waals surface area contributed by atoms with Crippen LogP contribution in [0.1, 0.15) is 38.4 Å². The Morgan fingerprint density at radius 3 is 2.96 bits per heavy atom. The van der Waals surface area contributed by atoms with E-state index >= 15 is 0 Å². The molecule has 3 heterocycles. The summed E-state index contributed by atoms with van der Waals surface area (Å²) >= 11 is 7.16. The van der Waals surface area contributed by atoms with Crippen LogP contribution < -0.4 is 5.32 Å². The molecular formula is C17H22ClN5O2S. The summed E-state index contributed by atoms with van der Waals surface area (Å²) in [7, 11) is 0. The van der Waals surface area contributed by atoms with Crippen molar-refractivity contribution in [3.63, 3.8) is 0 Å². The average molecular weight is 396 g/mol. The predicted octanol–water partition coefficient (Wildman–Crippen LogP) is 3.36. The summed E-state index contributed by atoms with van der Waals surface area (Å²) in [6.07, 6.45) is 3.82. The van der Waals surface area contributed by atoms with Crippen LogP contribution in [0.2, 0.25) is 5.02 Å². The van der Waals surface area contributed by atoms with Crippen molar-refractivity contribution in [2.45, 2.75) is 50.4 Å². The van der Waals surface area contributed by atoms with E-state index in [0.29, 0.717) is 10.8 Å². The first-order valence-electron chi connectivity index (χ1n) is 8.62. The van der Waals surface area contributed by atoms with Crippen LogP contribution >= 0.6 is 23.4 Å². The lowest BCUT2D eigenvalue weighted by atomic mass is 10.2. The molecule has 1 N–H and O–H groups in total. The SMILES string of the molecule is CC(C)c1nnc(SCC(=O)Nc2ccc(Cl)cn2)n1CC1CCCO1. The molecule has 2 aromatic heterocycles. The molecule has 1 saturated heterocycles. The third-order valence-electron chi connectivity index (χ3n) is 4.00. The summed E-state index contributed by atoms with van der Waals surface area (Å²) in [4.78, 5) is 16.2. The van der Waals surface area contributed by atoms with Gasteiger partial charge in [-0.2, -0.15) is 0 Å². The number of ether oxygens (including phenoxy) is 1. The van der Waals surface area contributed by atoms with Crippen LogP contribution in [0.3, 0.4) is 0 Å². The van der Waals surface area contributed by atoms with Crippen LogP contribution in [0, 0.1) is 0 Å². The minimum absolute atomic E-state index is 0.150. The van der Waals surface area contributed by atoms with Gasteiger partial charge in [0.1, 0.15) is 11.6 Å². The van der Waals surface area contributed by atoms with Gasteiger partial charge in [0.15, 0.2) is 5.16 Å². The van der Waals surface area contributed by atoms with Gasteiger partial charge in [0.05, 0.1) is 23.4 Å². The van der Waals surface area contributed by atoms with Crippen molar-refractivity contribution in [2.24, 2.45) is 0 Å². The molecular weight excluding hydrogens is 374 g/mol. The average Bonchev–Trinajstić information content (AvgIpc) is 3.25. The van der Waals surface area contributed by atoms with Gasteiger partial charge in [-0.05, 0) is 25.0 Å². The van der Waals surface area contributed by atoms with Crippen LogP contribution in [0.15, 0.2) is 23.5 Å². The second-order valence-corrected chi connectivity index (χ2v) is 7.82. The number of nitrogens with one attached hydrogen (secondary N) is 1. The van der Waals surface area contributed by atoms with Crippen LogP contribution in [0.25, 0.3) is 0 Å². The Morgan fingerprint density at radius 2 is 2.31 bits per heavy atom. The van der Waals surface area contributed by atoms with Crippen molar-refractivity contribution in [3.8, 4) is 0 Å². The van der Waals surface area contributed by atoms with E-state index in [0.717, 1.165) is 37.0 Å². The van der Waals surface area contributed by atoms with Gasteiger partial charge in [0, 0.05) is 18.7 Å². The molecule has 9 heteroatoms. The first-order valence-corrected chi connectivity index (χ1v) is 9.98. The fourth-order valence-corrected chi connectivity index (χ4v) is 3.62. The van der Waals surface area contributed by atoms with Gasteiger partial charge in [0.25, 0.3) is 0 Å². The largest absolute Gasteiger partial charge is 0.376 e. The number of nitrogens with zero attached hydrogens (tertiary/aromatic N) is 4. The first-order chi connectivity index (χ1) is 12.5. The Hall–Kier alpha value is -1.64. The van der Waals surface area contributed by atoms with E-state index in [1.165, 1.54) is 18.0 Å². The molecule has 7 nitrogen and oxygen atoms in total. The Kier molecular flexibility index (Phi) is 6.50. The summed E-state index contributed by atoms with van der Waals surface area (Å²) in [6.45, 7) is 5.71. The number of hydrogen-bond acceptors (Lipinski definition) is 6. The molecule has 3 rings (SSSR count). The van der Waals surface area contributed by atoms with Gasteiger partial charge < -0.3 is 14.6 Å². The number of amides is 1. The maximum absolute atomic E-state index is 12.2.